The summed E-state index contributed by atoms with van der Waals surface area (Å²) in [6.45, 7) is 6.55. The van der Waals surface area contributed by atoms with Crippen LogP contribution in [-0.2, 0) is 26.2 Å². The van der Waals surface area contributed by atoms with Crippen molar-refractivity contribution in [2.75, 3.05) is 37.4 Å². The van der Waals surface area contributed by atoms with Gasteiger partial charge >= 0.3 is 0 Å². The number of carbonyl (C=O) groups excluding carboxylic acids is 2. The molecule has 2 aromatic carbocycles. The number of anilines is 1. The summed E-state index contributed by atoms with van der Waals surface area (Å²) >= 11 is 0. The lowest BCUT2D eigenvalue weighted by Crippen LogP contribution is -2.49. The quantitative estimate of drug-likeness (QED) is 0.435. The molecule has 2 aromatic rings. The van der Waals surface area contributed by atoms with Crippen molar-refractivity contribution in [3.8, 4) is 17.2 Å². The second kappa shape index (κ2) is 12.9. The summed E-state index contributed by atoms with van der Waals surface area (Å²) in [5, 5.41) is 2.86. The van der Waals surface area contributed by atoms with Crippen LogP contribution in [0.25, 0.3) is 0 Å². The van der Waals surface area contributed by atoms with Crippen molar-refractivity contribution in [1.82, 2.24) is 10.2 Å². The molecule has 38 heavy (non-hydrogen) atoms. The maximum Gasteiger partial charge on any atom is 0.242 e. The number of nitrogens with zero attached hydrogens (tertiary/aromatic N) is 2. The molecule has 0 aliphatic carbocycles. The van der Waals surface area contributed by atoms with Crippen LogP contribution in [0.5, 0.6) is 17.2 Å². The van der Waals surface area contributed by atoms with Gasteiger partial charge in [0.25, 0.3) is 0 Å². The van der Waals surface area contributed by atoms with Gasteiger partial charge in [0.05, 0.1) is 19.1 Å². The average Bonchev–Trinajstić information content (AvgIpc) is 2.88. The van der Waals surface area contributed by atoms with Gasteiger partial charge in [0.2, 0.25) is 21.8 Å². The minimum absolute atomic E-state index is 0.0615. The van der Waals surface area contributed by atoms with Crippen LogP contribution in [0.3, 0.4) is 0 Å². The van der Waals surface area contributed by atoms with Gasteiger partial charge in [0.1, 0.15) is 25.0 Å². The number of fused-ring (bicyclic) bond motifs is 1. The third-order valence-corrected chi connectivity index (χ3v) is 7.27. The van der Waals surface area contributed by atoms with E-state index in [1.165, 1.54) is 9.21 Å². The predicted molar refractivity (Wildman–Crippen MR) is 145 cm³/mol. The zero-order valence-corrected chi connectivity index (χ0v) is 23.4. The number of methoxy groups -OCH3 is 1. The molecule has 1 aliphatic heterocycles. The molecule has 11 heteroatoms. The van der Waals surface area contributed by atoms with E-state index in [4.69, 9.17) is 14.2 Å². The summed E-state index contributed by atoms with van der Waals surface area (Å²) in [4.78, 5) is 27.7. The molecule has 3 rings (SSSR count). The molecule has 1 atom stereocenters. The fourth-order valence-electron chi connectivity index (χ4n) is 4.11. The third kappa shape index (κ3) is 7.77. The molecule has 0 saturated heterocycles. The Morgan fingerprint density at radius 3 is 2.29 bits per heavy atom. The van der Waals surface area contributed by atoms with E-state index in [2.05, 4.69) is 5.32 Å². The van der Waals surface area contributed by atoms with Crippen molar-refractivity contribution in [1.29, 1.82) is 0 Å². The first-order chi connectivity index (χ1) is 18.0. The van der Waals surface area contributed by atoms with Crippen LogP contribution < -0.4 is 23.8 Å². The zero-order valence-electron chi connectivity index (χ0n) is 22.6. The number of sulfonamides is 1. The van der Waals surface area contributed by atoms with Crippen LogP contribution >= 0.6 is 0 Å². The van der Waals surface area contributed by atoms with Crippen molar-refractivity contribution in [3.63, 3.8) is 0 Å². The topological polar surface area (TPSA) is 114 Å². The Morgan fingerprint density at radius 2 is 1.68 bits per heavy atom. The number of hydrogen-bond acceptors (Lipinski definition) is 7. The highest BCUT2D eigenvalue weighted by Crippen LogP contribution is 2.34. The lowest BCUT2D eigenvalue weighted by atomic mass is 10.1. The van der Waals surface area contributed by atoms with Crippen molar-refractivity contribution >= 4 is 27.5 Å². The van der Waals surface area contributed by atoms with Gasteiger partial charge in [-0.2, -0.15) is 0 Å². The summed E-state index contributed by atoms with van der Waals surface area (Å²) in [6.07, 6.45) is 1.45. The smallest absolute Gasteiger partial charge is 0.242 e. The number of rotatable bonds is 12. The maximum absolute atomic E-state index is 13.4. The Balaban J connectivity index is 1.73. The van der Waals surface area contributed by atoms with E-state index >= 15 is 0 Å². The van der Waals surface area contributed by atoms with Crippen LogP contribution in [0, 0.1) is 0 Å². The third-order valence-electron chi connectivity index (χ3n) is 6.08. The highest BCUT2D eigenvalue weighted by atomic mass is 32.2. The second-order valence-corrected chi connectivity index (χ2v) is 11.4. The fourth-order valence-corrected chi connectivity index (χ4v) is 5.06. The molecule has 0 saturated carbocycles. The van der Waals surface area contributed by atoms with E-state index in [0.717, 1.165) is 11.8 Å². The van der Waals surface area contributed by atoms with E-state index in [1.54, 1.807) is 44.4 Å². The van der Waals surface area contributed by atoms with E-state index in [1.807, 2.05) is 26.0 Å². The van der Waals surface area contributed by atoms with Crippen molar-refractivity contribution in [2.24, 2.45) is 0 Å². The summed E-state index contributed by atoms with van der Waals surface area (Å²) in [5.74, 6) is 1.23. The van der Waals surface area contributed by atoms with E-state index < -0.39 is 16.1 Å². The predicted octanol–water partition coefficient (Wildman–Crippen LogP) is 2.95. The normalized spacial score (nSPS) is 13.5. The molecular formula is C27H37N3O7S. The Morgan fingerprint density at radius 1 is 1.03 bits per heavy atom. The van der Waals surface area contributed by atoms with Crippen LogP contribution in [0.4, 0.5) is 5.69 Å². The molecule has 2 amide bonds. The van der Waals surface area contributed by atoms with Crippen LogP contribution in [0.15, 0.2) is 42.5 Å². The number of nitrogens with one attached hydrogen (secondary N) is 1. The summed E-state index contributed by atoms with van der Waals surface area (Å²) < 4.78 is 42.8. The largest absolute Gasteiger partial charge is 0.497 e. The Bertz CT molecular complexity index is 1220. The van der Waals surface area contributed by atoms with E-state index in [-0.39, 0.29) is 43.8 Å². The van der Waals surface area contributed by atoms with Crippen LogP contribution in [-0.4, -0.2) is 70.3 Å². The molecule has 0 unspecified atom stereocenters. The molecule has 1 N–H and O–H groups in total. The molecule has 0 bridgehead atoms. The SMILES string of the molecule is COc1ccc(CN(C(=O)CCCN(c2ccc3c(c2)OCCO3)S(C)(=O)=O)[C@@H](C)C(=O)NC(C)C)cc1. The Labute approximate surface area is 224 Å². The fraction of sp³-hybridized carbons (Fsp3) is 0.481. The monoisotopic (exact) mass is 547 g/mol. The van der Waals surface area contributed by atoms with Crippen molar-refractivity contribution in [2.45, 2.75) is 52.2 Å². The maximum atomic E-state index is 13.4. The van der Waals surface area contributed by atoms with Gasteiger partial charge in [0, 0.05) is 31.6 Å². The number of carbonyl (C=O) groups is 2. The molecule has 0 spiro atoms. The lowest BCUT2D eigenvalue weighted by molar-refractivity contribution is -0.140. The summed E-state index contributed by atoms with van der Waals surface area (Å²) in [6, 6.07) is 11.5. The molecule has 0 aromatic heterocycles. The molecule has 0 radical (unpaired) electrons. The van der Waals surface area contributed by atoms with Gasteiger partial charge in [-0.15, -0.1) is 0 Å². The van der Waals surface area contributed by atoms with Gasteiger partial charge in [-0.05, 0) is 57.0 Å². The molecular weight excluding hydrogens is 510 g/mol. The number of ether oxygens (including phenoxy) is 3. The summed E-state index contributed by atoms with van der Waals surface area (Å²) in [5.41, 5.74) is 1.28. The van der Waals surface area contributed by atoms with Gasteiger partial charge < -0.3 is 24.4 Å². The lowest BCUT2D eigenvalue weighted by Gasteiger charge is -2.30. The molecule has 1 heterocycles. The first-order valence-electron chi connectivity index (χ1n) is 12.6. The first kappa shape index (κ1) is 29.1. The van der Waals surface area contributed by atoms with E-state index in [9.17, 15) is 18.0 Å². The average molecular weight is 548 g/mol. The van der Waals surface area contributed by atoms with Gasteiger partial charge in [-0.1, -0.05) is 12.1 Å². The van der Waals surface area contributed by atoms with Crippen LogP contribution in [0.1, 0.15) is 39.2 Å². The highest BCUT2D eigenvalue weighted by molar-refractivity contribution is 7.92. The minimum Gasteiger partial charge on any atom is -0.497 e. The molecule has 10 nitrogen and oxygen atoms in total. The number of benzene rings is 2. The number of hydrogen-bond donors (Lipinski definition) is 1. The Kier molecular flexibility index (Phi) is 9.84. The van der Waals surface area contributed by atoms with E-state index in [0.29, 0.717) is 36.1 Å². The first-order valence-corrected chi connectivity index (χ1v) is 14.4. The van der Waals surface area contributed by atoms with Crippen molar-refractivity contribution < 1.29 is 32.2 Å². The highest BCUT2D eigenvalue weighted by Gasteiger charge is 2.27. The summed E-state index contributed by atoms with van der Waals surface area (Å²) in [7, 11) is -2.05. The molecule has 1 aliphatic rings. The second-order valence-electron chi connectivity index (χ2n) is 9.48. The van der Waals surface area contributed by atoms with Gasteiger partial charge in [-0.25, -0.2) is 8.42 Å². The van der Waals surface area contributed by atoms with Crippen molar-refractivity contribution in [3.05, 3.63) is 48.0 Å². The molecule has 0 fully saturated rings. The zero-order chi connectivity index (χ0) is 27.9. The number of amides is 2. The molecule has 208 valence electrons. The van der Waals surface area contributed by atoms with Gasteiger partial charge in [0.15, 0.2) is 11.5 Å². The van der Waals surface area contributed by atoms with Crippen LogP contribution in [0.2, 0.25) is 0 Å². The standard InChI is InChI=1S/C27H37N3O7S/c1-19(2)28-27(32)20(3)29(18-21-8-11-23(35-4)12-9-21)26(31)7-6-14-30(38(5,33)34)22-10-13-24-25(17-22)37-16-15-36-24/h8-13,17,19-20H,6-7,14-16,18H2,1-5H3,(H,28,32)/t20-/m0/s1. The Hall–Kier alpha value is -3.47. The minimum atomic E-state index is -3.63. The van der Waals surface area contributed by atoms with Gasteiger partial charge in [-0.3, -0.25) is 13.9 Å².